The van der Waals surface area contributed by atoms with Gasteiger partial charge in [0.25, 0.3) is 5.91 Å². The van der Waals surface area contributed by atoms with Gasteiger partial charge in [-0.2, -0.15) is 0 Å². The van der Waals surface area contributed by atoms with Gasteiger partial charge in [0, 0.05) is 24.3 Å². The summed E-state index contributed by atoms with van der Waals surface area (Å²) in [6, 6.07) is 7.45. The molecule has 1 saturated heterocycles. The molecule has 134 valence electrons. The molecule has 0 bridgehead atoms. The van der Waals surface area contributed by atoms with Crippen LogP contribution >= 0.6 is 11.6 Å². The van der Waals surface area contributed by atoms with Crippen LogP contribution in [0.5, 0.6) is 0 Å². The zero-order chi connectivity index (χ0) is 17.8. The Morgan fingerprint density at radius 2 is 2.20 bits per heavy atom. The SMILES string of the molecule is CC[C@@H](NC(=O)c1nnn(-c2cccc(Cl)c2)c1C)C1CCOCC1. The van der Waals surface area contributed by atoms with Gasteiger partial charge in [-0.25, -0.2) is 4.68 Å². The maximum absolute atomic E-state index is 12.7. The van der Waals surface area contributed by atoms with E-state index in [1.54, 1.807) is 16.8 Å². The predicted octanol–water partition coefficient (Wildman–Crippen LogP) is 3.16. The Balaban J connectivity index is 1.76. The molecule has 3 rings (SSSR count). The molecule has 0 radical (unpaired) electrons. The fraction of sp³-hybridized carbons (Fsp3) is 0.500. The Bertz CT molecular complexity index is 740. The molecule has 0 aliphatic carbocycles. The molecule has 0 spiro atoms. The molecule has 2 heterocycles. The molecule has 1 N–H and O–H groups in total. The molecular formula is C18H23ClN4O2. The van der Waals surface area contributed by atoms with Crippen molar-refractivity contribution in [1.29, 1.82) is 0 Å². The summed E-state index contributed by atoms with van der Waals surface area (Å²) in [4.78, 5) is 12.7. The summed E-state index contributed by atoms with van der Waals surface area (Å²) >= 11 is 6.04. The lowest BCUT2D eigenvalue weighted by Crippen LogP contribution is -2.42. The van der Waals surface area contributed by atoms with E-state index in [1.807, 2.05) is 19.1 Å². The van der Waals surface area contributed by atoms with E-state index in [0.29, 0.717) is 22.3 Å². The summed E-state index contributed by atoms with van der Waals surface area (Å²) in [5.41, 5.74) is 1.83. The van der Waals surface area contributed by atoms with Crippen LogP contribution in [0.4, 0.5) is 0 Å². The van der Waals surface area contributed by atoms with Crippen molar-refractivity contribution in [2.24, 2.45) is 5.92 Å². The molecule has 1 aliphatic rings. The van der Waals surface area contributed by atoms with Crippen LogP contribution in [0.15, 0.2) is 24.3 Å². The number of rotatable bonds is 5. The van der Waals surface area contributed by atoms with Crippen LogP contribution in [0.1, 0.15) is 42.4 Å². The first kappa shape index (κ1) is 17.9. The zero-order valence-electron chi connectivity index (χ0n) is 14.5. The molecule has 6 nitrogen and oxygen atoms in total. The summed E-state index contributed by atoms with van der Waals surface area (Å²) < 4.78 is 7.05. The Morgan fingerprint density at radius 3 is 2.88 bits per heavy atom. The third kappa shape index (κ3) is 4.02. The van der Waals surface area contributed by atoms with Crippen LogP contribution in [0.3, 0.4) is 0 Å². The van der Waals surface area contributed by atoms with Gasteiger partial charge in [-0.3, -0.25) is 4.79 Å². The molecule has 1 aromatic carbocycles. The van der Waals surface area contributed by atoms with Crippen molar-refractivity contribution >= 4 is 17.5 Å². The molecule has 1 amide bonds. The summed E-state index contributed by atoms with van der Waals surface area (Å²) in [6.45, 7) is 5.46. The lowest BCUT2D eigenvalue weighted by Gasteiger charge is -2.30. The highest BCUT2D eigenvalue weighted by Gasteiger charge is 2.26. The normalized spacial score (nSPS) is 16.6. The summed E-state index contributed by atoms with van der Waals surface area (Å²) in [5.74, 6) is 0.273. The predicted molar refractivity (Wildman–Crippen MR) is 96.2 cm³/mol. The fourth-order valence-corrected chi connectivity index (χ4v) is 3.48. The Labute approximate surface area is 152 Å². The minimum Gasteiger partial charge on any atom is -0.381 e. The van der Waals surface area contributed by atoms with Crippen molar-refractivity contribution in [1.82, 2.24) is 20.3 Å². The second kappa shape index (κ2) is 7.97. The number of hydrogen-bond acceptors (Lipinski definition) is 4. The zero-order valence-corrected chi connectivity index (χ0v) is 15.3. The lowest BCUT2D eigenvalue weighted by atomic mass is 9.90. The van der Waals surface area contributed by atoms with Gasteiger partial charge >= 0.3 is 0 Å². The summed E-state index contributed by atoms with van der Waals surface area (Å²) in [5, 5.41) is 12.0. The molecule has 2 aromatic rings. The highest BCUT2D eigenvalue weighted by molar-refractivity contribution is 6.30. The second-order valence-corrected chi connectivity index (χ2v) is 6.79. The maximum atomic E-state index is 12.7. The van der Waals surface area contributed by atoms with Crippen LogP contribution in [-0.4, -0.2) is 40.2 Å². The first-order chi connectivity index (χ1) is 12.1. The van der Waals surface area contributed by atoms with E-state index in [1.165, 1.54) is 0 Å². The molecule has 25 heavy (non-hydrogen) atoms. The largest absolute Gasteiger partial charge is 0.381 e. The second-order valence-electron chi connectivity index (χ2n) is 6.35. The molecule has 1 aliphatic heterocycles. The van der Waals surface area contributed by atoms with E-state index in [-0.39, 0.29) is 11.9 Å². The van der Waals surface area contributed by atoms with Crippen LogP contribution < -0.4 is 5.32 Å². The first-order valence-corrected chi connectivity index (χ1v) is 9.04. The third-order valence-corrected chi connectivity index (χ3v) is 4.99. The number of nitrogens with zero attached hydrogens (tertiary/aromatic N) is 3. The number of carbonyl (C=O) groups is 1. The Hall–Kier alpha value is -1.92. The fourth-order valence-electron chi connectivity index (χ4n) is 3.30. The number of nitrogens with one attached hydrogen (secondary N) is 1. The highest BCUT2D eigenvalue weighted by Crippen LogP contribution is 2.22. The van der Waals surface area contributed by atoms with E-state index in [4.69, 9.17) is 16.3 Å². The van der Waals surface area contributed by atoms with E-state index in [9.17, 15) is 4.79 Å². The van der Waals surface area contributed by atoms with E-state index < -0.39 is 0 Å². The van der Waals surface area contributed by atoms with Crippen molar-refractivity contribution in [2.75, 3.05) is 13.2 Å². The van der Waals surface area contributed by atoms with Gasteiger partial charge in [-0.1, -0.05) is 29.8 Å². The first-order valence-electron chi connectivity index (χ1n) is 8.67. The quantitative estimate of drug-likeness (QED) is 0.887. The topological polar surface area (TPSA) is 69.0 Å². The molecule has 1 atom stereocenters. The van der Waals surface area contributed by atoms with Gasteiger partial charge in [0.1, 0.15) is 0 Å². The maximum Gasteiger partial charge on any atom is 0.273 e. The number of carbonyl (C=O) groups excluding carboxylic acids is 1. The lowest BCUT2D eigenvalue weighted by molar-refractivity contribution is 0.0510. The number of aromatic nitrogens is 3. The minimum atomic E-state index is -0.177. The van der Waals surface area contributed by atoms with Crippen molar-refractivity contribution in [3.63, 3.8) is 0 Å². The molecule has 1 fully saturated rings. The van der Waals surface area contributed by atoms with Gasteiger partial charge in [-0.05, 0) is 50.3 Å². The van der Waals surface area contributed by atoms with E-state index >= 15 is 0 Å². The van der Waals surface area contributed by atoms with Crippen LogP contribution in [0.25, 0.3) is 5.69 Å². The van der Waals surface area contributed by atoms with Crippen LogP contribution in [0, 0.1) is 12.8 Å². The number of hydrogen-bond donors (Lipinski definition) is 1. The third-order valence-electron chi connectivity index (χ3n) is 4.75. The van der Waals surface area contributed by atoms with Gasteiger partial charge in [-0.15, -0.1) is 5.10 Å². The Kier molecular flexibility index (Phi) is 5.71. The molecule has 0 unspecified atom stereocenters. The number of benzene rings is 1. The van der Waals surface area contributed by atoms with Crippen LogP contribution in [0.2, 0.25) is 5.02 Å². The monoisotopic (exact) mass is 362 g/mol. The average molecular weight is 363 g/mol. The molecule has 1 aromatic heterocycles. The smallest absolute Gasteiger partial charge is 0.273 e. The molecule has 0 saturated carbocycles. The average Bonchev–Trinajstić information content (AvgIpc) is 3.02. The standard InChI is InChI=1S/C18H23ClN4O2/c1-3-16(13-7-9-25-10-8-13)20-18(24)17-12(2)23(22-21-17)15-6-4-5-14(19)11-15/h4-6,11,13,16H,3,7-10H2,1-2H3,(H,20,24)/t16-/m1/s1. The molecule has 7 heteroatoms. The molecular weight excluding hydrogens is 340 g/mol. The van der Waals surface area contributed by atoms with Crippen LogP contribution in [-0.2, 0) is 4.74 Å². The van der Waals surface area contributed by atoms with E-state index in [0.717, 1.165) is 38.2 Å². The number of halogens is 1. The van der Waals surface area contributed by atoms with Crippen molar-refractivity contribution in [3.05, 3.63) is 40.7 Å². The minimum absolute atomic E-state index is 0.132. The highest BCUT2D eigenvalue weighted by atomic mass is 35.5. The summed E-state index contributed by atoms with van der Waals surface area (Å²) in [6.07, 6.45) is 2.85. The summed E-state index contributed by atoms with van der Waals surface area (Å²) in [7, 11) is 0. The number of ether oxygens (including phenoxy) is 1. The van der Waals surface area contributed by atoms with Gasteiger partial charge in [0.15, 0.2) is 5.69 Å². The van der Waals surface area contributed by atoms with Gasteiger partial charge in [0.05, 0.1) is 11.4 Å². The van der Waals surface area contributed by atoms with Crippen molar-refractivity contribution in [2.45, 2.75) is 39.2 Å². The van der Waals surface area contributed by atoms with Crippen molar-refractivity contribution in [3.8, 4) is 5.69 Å². The number of amides is 1. The van der Waals surface area contributed by atoms with Crippen molar-refractivity contribution < 1.29 is 9.53 Å². The van der Waals surface area contributed by atoms with Gasteiger partial charge in [0.2, 0.25) is 0 Å². The van der Waals surface area contributed by atoms with E-state index in [2.05, 4.69) is 22.6 Å². The van der Waals surface area contributed by atoms with Gasteiger partial charge < -0.3 is 10.1 Å². The Morgan fingerprint density at radius 1 is 1.44 bits per heavy atom.